The van der Waals surface area contributed by atoms with Gasteiger partial charge in [0.15, 0.2) is 5.76 Å². The van der Waals surface area contributed by atoms with Gasteiger partial charge in [0.05, 0.1) is 6.04 Å². The molecular formula is C27H35N3O3. The second kappa shape index (κ2) is 11.8. The highest BCUT2D eigenvalue weighted by atomic mass is 17.2. The SMILES string of the molecule is C.CC[C@H](C)CC(NC)c1nc(COOCc2ccccc2)c(-c2c[nH]c3ccccc23)o1. The van der Waals surface area contributed by atoms with Crippen molar-refractivity contribution < 1.29 is 14.2 Å². The first-order chi connectivity index (χ1) is 15.7. The van der Waals surface area contributed by atoms with Crippen molar-refractivity contribution in [3.05, 3.63) is 77.9 Å². The number of aromatic nitrogens is 2. The summed E-state index contributed by atoms with van der Waals surface area (Å²) in [7, 11) is 1.95. The number of nitrogens with zero attached hydrogens (tertiary/aromatic N) is 1. The lowest BCUT2D eigenvalue weighted by molar-refractivity contribution is -0.313. The average molecular weight is 450 g/mol. The summed E-state index contributed by atoms with van der Waals surface area (Å²) in [4.78, 5) is 19.2. The first-order valence-corrected chi connectivity index (χ1v) is 11.2. The van der Waals surface area contributed by atoms with E-state index in [1.54, 1.807) is 0 Å². The number of para-hydroxylation sites is 1. The summed E-state index contributed by atoms with van der Waals surface area (Å²) in [6.07, 6.45) is 4.02. The molecule has 6 nitrogen and oxygen atoms in total. The second-order valence-corrected chi connectivity index (χ2v) is 8.18. The van der Waals surface area contributed by atoms with E-state index >= 15 is 0 Å². The fourth-order valence-electron chi connectivity index (χ4n) is 3.78. The maximum absolute atomic E-state index is 6.35. The summed E-state index contributed by atoms with van der Waals surface area (Å²) in [6.45, 7) is 5.02. The molecule has 176 valence electrons. The molecule has 4 aromatic rings. The van der Waals surface area contributed by atoms with Crippen molar-refractivity contribution in [3.8, 4) is 11.3 Å². The van der Waals surface area contributed by atoms with E-state index in [9.17, 15) is 0 Å². The molecule has 0 spiro atoms. The Morgan fingerprint density at radius 1 is 1.03 bits per heavy atom. The van der Waals surface area contributed by atoms with Gasteiger partial charge in [-0.1, -0.05) is 76.2 Å². The molecule has 2 N–H and O–H groups in total. The number of fused-ring (bicyclic) bond motifs is 1. The third-order valence-electron chi connectivity index (χ3n) is 5.88. The molecule has 33 heavy (non-hydrogen) atoms. The number of benzene rings is 2. The zero-order valence-electron chi connectivity index (χ0n) is 18.9. The van der Waals surface area contributed by atoms with E-state index in [1.807, 2.05) is 55.7 Å². The van der Waals surface area contributed by atoms with Crippen LogP contribution in [0.5, 0.6) is 0 Å². The fourth-order valence-corrected chi connectivity index (χ4v) is 3.78. The topological polar surface area (TPSA) is 72.3 Å². The van der Waals surface area contributed by atoms with Crippen molar-refractivity contribution in [1.82, 2.24) is 15.3 Å². The van der Waals surface area contributed by atoms with Crippen molar-refractivity contribution in [3.63, 3.8) is 0 Å². The fraction of sp³-hybridized carbons (Fsp3) is 0.370. The third kappa shape index (κ3) is 5.90. The standard InChI is InChI=1S/C26H31N3O3.CH4/c1-4-18(2)14-23(27-3)26-29-24(17-31-30-16-19-10-6-5-7-11-19)25(32-26)21-15-28-22-13-9-8-12-20(21)22;/h5-13,15,18,23,27-28H,4,14,16-17H2,1-3H3;1H4/t18-,23?;/m0./s1. The van der Waals surface area contributed by atoms with Crippen molar-refractivity contribution in [2.45, 2.75) is 53.4 Å². The van der Waals surface area contributed by atoms with Crippen LogP contribution in [-0.2, 0) is 23.0 Å². The molecule has 2 aromatic carbocycles. The van der Waals surface area contributed by atoms with E-state index in [4.69, 9.17) is 19.2 Å². The number of oxazole rings is 1. The van der Waals surface area contributed by atoms with Crippen LogP contribution in [0.3, 0.4) is 0 Å². The molecule has 0 aliphatic rings. The lowest BCUT2D eigenvalue weighted by Crippen LogP contribution is -2.19. The highest BCUT2D eigenvalue weighted by molar-refractivity contribution is 5.94. The lowest BCUT2D eigenvalue weighted by atomic mass is 9.99. The third-order valence-corrected chi connectivity index (χ3v) is 5.88. The van der Waals surface area contributed by atoms with Gasteiger partial charge in [0, 0.05) is 22.7 Å². The summed E-state index contributed by atoms with van der Waals surface area (Å²) in [5.41, 5.74) is 3.80. The Bertz CT molecular complexity index is 1120. The van der Waals surface area contributed by atoms with Crippen molar-refractivity contribution >= 4 is 10.9 Å². The van der Waals surface area contributed by atoms with E-state index in [0.29, 0.717) is 24.2 Å². The number of aromatic amines is 1. The van der Waals surface area contributed by atoms with Gasteiger partial charge in [-0.05, 0) is 31.0 Å². The molecule has 0 aliphatic heterocycles. The van der Waals surface area contributed by atoms with E-state index in [-0.39, 0.29) is 20.1 Å². The number of H-pyrrole nitrogens is 1. The predicted molar refractivity (Wildman–Crippen MR) is 132 cm³/mol. The van der Waals surface area contributed by atoms with Crippen LogP contribution in [0.2, 0.25) is 0 Å². The normalized spacial score (nSPS) is 13.1. The molecule has 2 atom stereocenters. The van der Waals surface area contributed by atoms with E-state index in [1.165, 1.54) is 0 Å². The Kier molecular flexibility index (Phi) is 8.83. The number of rotatable bonds is 11. The summed E-state index contributed by atoms with van der Waals surface area (Å²) >= 11 is 0. The summed E-state index contributed by atoms with van der Waals surface area (Å²) < 4.78 is 6.35. The number of nitrogens with one attached hydrogen (secondary N) is 2. The van der Waals surface area contributed by atoms with E-state index < -0.39 is 0 Å². The van der Waals surface area contributed by atoms with Crippen LogP contribution in [0.25, 0.3) is 22.2 Å². The molecule has 0 saturated carbocycles. The smallest absolute Gasteiger partial charge is 0.212 e. The second-order valence-electron chi connectivity index (χ2n) is 8.18. The maximum atomic E-state index is 6.35. The molecule has 0 amide bonds. The van der Waals surface area contributed by atoms with Crippen LogP contribution in [0.15, 0.2) is 65.2 Å². The zero-order chi connectivity index (χ0) is 22.3. The van der Waals surface area contributed by atoms with Crippen LogP contribution in [0.1, 0.15) is 57.3 Å². The van der Waals surface area contributed by atoms with E-state index in [2.05, 4.69) is 36.3 Å². The number of hydrogen-bond donors (Lipinski definition) is 2. The molecule has 2 heterocycles. The number of hydrogen-bond acceptors (Lipinski definition) is 5. The van der Waals surface area contributed by atoms with Crippen LogP contribution in [0, 0.1) is 5.92 Å². The van der Waals surface area contributed by atoms with Gasteiger partial charge in [-0.3, -0.25) is 0 Å². The lowest BCUT2D eigenvalue weighted by Gasteiger charge is -2.16. The van der Waals surface area contributed by atoms with Gasteiger partial charge in [0.25, 0.3) is 0 Å². The quantitative estimate of drug-likeness (QED) is 0.150. The van der Waals surface area contributed by atoms with Crippen LogP contribution in [0.4, 0.5) is 0 Å². The first-order valence-electron chi connectivity index (χ1n) is 11.2. The van der Waals surface area contributed by atoms with E-state index in [0.717, 1.165) is 40.6 Å². The Balaban J connectivity index is 0.00000306. The molecule has 6 heteroatoms. The predicted octanol–water partition coefficient (Wildman–Crippen LogP) is 6.80. The molecular weight excluding hydrogens is 414 g/mol. The molecule has 0 fully saturated rings. The highest BCUT2D eigenvalue weighted by Crippen LogP contribution is 2.34. The Labute approximate surface area is 196 Å². The van der Waals surface area contributed by atoms with Crippen molar-refractivity contribution in [2.75, 3.05) is 7.05 Å². The highest BCUT2D eigenvalue weighted by Gasteiger charge is 2.24. The minimum Gasteiger partial charge on any atom is -0.439 e. The molecule has 0 bridgehead atoms. The molecule has 0 aliphatic carbocycles. The minimum atomic E-state index is 0. The summed E-state index contributed by atoms with van der Waals surface area (Å²) in [6, 6.07) is 18.1. The van der Waals surface area contributed by atoms with Gasteiger partial charge in [-0.2, -0.15) is 0 Å². The van der Waals surface area contributed by atoms with Gasteiger partial charge in [0.2, 0.25) is 5.89 Å². The van der Waals surface area contributed by atoms with Crippen molar-refractivity contribution in [2.24, 2.45) is 5.92 Å². The van der Waals surface area contributed by atoms with Gasteiger partial charge in [-0.25, -0.2) is 14.8 Å². The average Bonchev–Trinajstić information content (AvgIpc) is 3.45. The molecule has 1 unspecified atom stereocenters. The Hall–Kier alpha value is -2.93. The molecule has 0 radical (unpaired) electrons. The zero-order valence-corrected chi connectivity index (χ0v) is 18.9. The first kappa shape index (κ1) is 24.7. The van der Waals surface area contributed by atoms with Crippen molar-refractivity contribution in [1.29, 1.82) is 0 Å². The van der Waals surface area contributed by atoms with Crippen LogP contribution in [-0.4, -0.2) is 17.0 Å². The van der Waals surface area contributed by atoms with Crippen LogP contribution >= 0.6 is 0 Å². The monoisotopic (exact) mass is 449 g/mol. The summed E-state index contributed by atoms with van der Waals surface area (Å²) in [5.74, 6) is 1.95. The van der Waals surface area contributed by atoms with Gasteiger partial charge in [-0.15, -0.1) is 0 Å². The molecule has 2 aromatic heterocycles. The Morgan fingerprint density at radius 2 is 1.76 bits per heavy atom. The van der Waals surface area contributed by atoms with Gasteiger partial charge < -0.3 is 14.7 Å². The van der Waals surface area contributed by atoms with Gasteiger partial charge in [0.1, 0.15) is 18.9 Å². The van der Waals surface area contributed by atoms with Gasteiger partial charge >= 0.3 is 0 Å². The molecule has 4 rings (SSSR count). The molecule has 0 saturated heterocycles. The minimum absolute atomic E-state index is 0. The summed E-state index contributed by atoms with van der Waals surface area (Å²) in [5, 5.41) is 4.45. The maximum Gasteiger partial charge on any atom is 0.212 e. The Morgan fingerprint density at radius 3 is 2.52 bits per heavy atom. The van der Waals surface area contributed by atoms with Crippen LogP contribution < -0.4 is 5.32 Å². The largest absolute Gasteiger partial charge is 0.439 e.